The van der Waals surface area contributed by atoms with Crippen molar-refractivity contribution in [3.05, 3.63) is 89.7 Å². The Morgan fingerprint density at radius 3 is 1.45 bits per heavy atom. The fourth-order valence-corrected chi connectivity index (χ4v) is 11.7. The van der Waals surface area contributed by atoms with E-state index in [0.717, 1.165) is 25.7 Å². The van der Waals surface area contributed by atoms with Gasteiger partial charge in [0.2, 0.25) is 20.0 Å². The number of halogens is 6. The van der Waals surface area contributed by atoms with E-state index in [-0.39, 0.29) is 50.6 Å². The summed E-state index contributed by atoms with van der Waals surface area (Å²) < 4.78 is 79.6. The molecule has 0 amide bonds. The van der Waals surface area contributed by atoms with E-state index in [9.17, 15) is 16.8 Å². The van der Waals surface area contributed by atoms with Crippen LogP contribution in [0.1, 0.15) is 39.5 Å². The lowest BCUT2D eigenvalue weighted by atomic mass is 9.82. The second-order valence-corrected chi connectivity index (χ2v) is 20.5. The molecule has 2 saturated carbocycles. The third kappa shape index (κ3) is 10.6. The maximum absolute atomic E-state index is 13.2. The lowest BCUT2D eigenvalue weighted by molar-refractivity contribution is 0.178. The van der Waals surface area contributed by atoms with Gasteiger partial charge in [-0.1, -0.05) is 92.1 Å². The molecule has 298 valence electrons. The molecule has 4 aromatic rings. The summed E-state index contributed by atoms with van der Waals surface area (Å²) in [5.74, 6) is 2.61. The van der Waals surface area contributed by atoms with E-state index in [4.69, 9.17) is 65.4 Å². The quantitative estimate of drug-likeness (QED) is 0.149. The molecule has 18 heteroatoms. The van der Waals surface area contributed by atoms with Crippen molar-refractivity contribution >= 4 is 98.3 Å². The molecule has 0 unspecified atom stereocenters. The van der Waals surface area contributed by atoms with E-state index < -0.39 is 20.0 Å². The Hall–Kier alpha value is -1.98. The Kier molecular flexibility index (Phi) is 14.7. The molecule has 1 N–H and O–H groups in total. The van der Waals surface area contributed by atoms with E-state index in [1.807, 2.05) is 0 Å². The normalized spacial score (nSPS) is 19.4. The molecule has 0 bridgehead atoms. The van der Waals surface area contributed by atoms with Crippen LogP contribution in [0.25, 0.3) is 0 Å². The van der Waals surface area contributed by atoms with Gasteiger partial charge in [-0.3, -0.25) is 0 Å². The standard InChI is InChI=1S/C19H20BrCl2NO4S.C18H18BrCl2NO4S/c1-11-6-13(7-11)23(2)28(24,25)18-10-14(4-5-17(18)26-3)27-19-15(21)8-12(20)9-16(19)22;1-10-5-12(6-10)22-27(23,24)17-9-13(3-4-16(17)25-2)26-18-14(20)7-11(19)8-15(18)21/h4-5,8-11,13H,6-7H2,1-3H3;3-4,7-10,12,22H,5-6H2,1-2H3. The number of rotatable bonds is 12. The van der Waals surface area contributed by atoms with Crippen LogP contribution in [-0.2, 0) is 20.0 Å². The molecule has 2 aliphatic rings. The predicted molar refractivity (Wildman–Crippen MR) is 224 cm³/mol. The maximum atomic E-state index is 13.2. The first-order valence-electron chi connectivity index (χ1n) is 16.8. The van der Waals surface area contributed by atoms with Crippen LogP contribution < -0.4 is 23.7 Å². The molecule has 2 fully saturated rings. The van der Waals surface area contributed by atoms with Gasteiger partial charge in [0.25, 0.3) is 0 Å². The Morgan fingerprint density at radius 2 is 1.05 bits per heavy atom. The van der Waals surface area contributed by atoms with Crippen molar-refractivity contribution in [2.24, 2.45) is 11.8 Å². The maximum Gasteiger partial charge on any atom is 0.246 e. The Morgan fingerprint density at radius 1 is 0.655 bits per heavy atom. The van der Waals surface area contributed by atoms with Crippen LogP contribution in [-0.4, -0.2) is 54.5 Å². The smallest absolute Gasteiger partial charge is 0.246 e. The van der Waals surface area contributed by atoms with Gasteiger partial charge in [-0.15, -0.1) is 0 Å². The molecule has 0 saturated heterocycles. The lowest BCUT2D eigenvalue weighted by Gasteiger charge is -2.38. The highest BCUT2D eigenvalue weighted by Crippen LogP contribution is 2.43. The first-order chi connectivity index (χ1) is 25.8. The molecule has 55 heavy (non-hydrogen) atoms. The molecule has 0 spiro atoms. The molecular formula is C37H38Br2Cl4N2O8S2. The fraction of sp³-hybridized carbons (Fsp3) is 0.351. The predicted octanol–water partition coefficient (Wildman–Crippen LogP) is 11.6. The molecule has 10 nitrogen and oxygen atoms in total. The molecule has 0 heterocycles. The fourth-order valence-electron chi connectivity index (χ4n) is 6.13. The minimum absolute atomic E-state index is 0.00593. The van der Waals surface area contributed by atoms with E-state index >= 15 is 0 Å². The molecule has 6 rings (SSSR count). The number of hydrogen-bond acceptors (Lipinski definition) is 8. The van der Waals surface area contributed by atoms with Gasteiger partial charge in [0.1, 0.15) is 32.8 Å². The van der Waals surface area contributed by atoms with Crippen LogP contribution in [0, 0.1) is 11.8 Å². The summed E-state index contributed by atoms with van der Waals surface area (Å²) in [5, 5.41) is 1.22. The summed E-state index contributed by atoms with van der Waals surface area (Å²) in [6.45, 7) is 4.20. The third-order valence-electron chi connectivity index (χ3n) is 9.14. The molecule has 0 radical (unpaired) electrons. The van der Waals surface area contributed by atoms with Gasteiger partial charge in [-0.05, 0) is 86.1 Å². The van der Waals surface area contributed by atoms with E-state index in [2.05, 4.69) is 50.4 Å². The zero-order valence-corrected chi connectivity index (χ0v) is 38.0. The second kappa shape index (κ2) is 18.3. The number of sulfonamides is 2. The van der Waals surface area contributed by atoms with Crippen molar-refractivity contribution in [2.75, 3.05) is 21.3 Å². The monoisotopic (exact) mass is 1000 g/mol. The third-order valence-corrected chi connectivity index (χ3v) is 14.7. The van der Waals surface area contributed by atoms with E-state index in [1.54, 1.807) is 49.5 Å². The average molecular weight is 1000 g/mol. The van der Waals surface area contributed by atoms with Crippen molar-refractivity contribution in [3.8, 4) is 34.5 Å². The minimum atomic E-state index is -3.76. The van der Waals surface area contributed by atoms with Gasteiger partial charge in [-0.25, -0.2) is 21.6 Å². The topological polar surface area (TPSA) is 120 Å². The minimum Gasteiger partial charge on any atom is -0.495 e. The SMILES string of the molecule is COc1ccc(Oc2c(Cl)cc(Br)cc2Cl)cc1S(=O)(=O)N(C)C1CC(C)C1.COc1ccc(Oc2c(Cl)cc(Br)cc2Cl)cc1S(=O)(=O)NC1CC(C)C1. The lowest BCUT2D eigenvalue weighted by Crippen LogP contribution is -2.44. The molecule has 0 aliphatic heterocycles. The summed E-state index contributed by atoms with van der Waals surface area (Å²) >= 11 is 31.4. The van der Waals surface area contributed by atoms with Gasteiger partial charge < -0.3 is 18.9 Å². The van der Waals surface area contributed by atoms with Crippen molar-refractivity contribution in [1.82, 2.24) is 9.03 Å². The van der Waals surface area contributed by atoms with E-state index in [1.165, 1.54) is 36.7 Å². The number of ether oxygens (including phenoxy) is 4. The molecular weight excluding hydrogens is 966 g/mol. The number of benzene rings is 4. The Bertz CT molecular complexity index is 2230. The number of nitrogens with zero attached hydrogens (tertiary/aromatic N) is 1. The average Bonchev–Trinajstić information content (AvgIpc) is 3.09. The molecule has 4 aromatic carbocycles. The highest BCUT2D eigenvalue weighted by atomic mass is 79.9. The van der Waals surface area contributed by atoms with Gasteiger partial charge in [0.15, 0.2) is 11.5 Å². The zero-order valence-electron chi connectivity index (χ0n) is 30.2. The number of hydrogen-bond donors (Lipinski definition) is 1. The molecule has 2 aliphatic carbocycles. The molecule has 0 aromatic heterocycles. The van der Waals surface area contributed by atoms with Crippen molar-refractivity contribution in [3.63, 3.8) is 0 Å². The van der Waals surface area contributed by atoms with Crippen LogP contribution in [0.5, 0.6) is 34.5 Å². The second-order valence-electron chi connectivity index (χ2n) is 13.4. The molecule has 0 atom stereocenters. The first-order valence-corrected chi connectivity index (χ1v) is 22.9. The van der Waals surface area contributed by atoms with Gasteiger partial charge in [-0.2, -0.15) is 4.31 Å². The highest BCUT2D eigenvalue weighted by molar-refractivity contribution is 9.10. The summed E-state index contributed by atoms with van der Waals surface area (Å²) in [4.78, 5) is 0.0466. The largest absolute Gasteiger partial charge is 0.495 e. The van der Waals surface area contributed by atoms with Crippen LogP contribution >= 0.6 is 78.3 Å². The summed E-state index contributed by atoms with van der Waals surface area (Å²) in [6, 6.07) is 15.6. The van der Waals surface area contributed by atoms with Gasteiger partial charge in [0.05, 0.1) is 34.3 Å². The number of nitrogens with one attached hydrogen (secondary N) is 1. The van der Waals surface area contributed by atoms with Crippen molar-refractivity contribution in [1.29, 1.82) is 0 Å². The van der Waals surface area contributed by atoms with Crippen LogP contribution in [0.15, 0.2) is 79.4 Å². The number of methoxy groups -OCH3 is 2. The van der Waals surface area contributed by atoms with Crippen LogP contribution in [0.3, 0.4) is 0 Å². The highest BCUT2D eigenvalue weighted by Gasteiger charge is 2.37. The van der Waals surface area contributed by atoms with Crippen LogP contribution in [0.2, 0.25) is 20.1 Å². The van der Waals surface area contributed by atoms with Crippen molar-refractivity contribution in [2.45, 2.75) is 61.4 Å². The summed E-state index contributed by atoms with van der Waals surface area (Å²) in [6.07, 6.45) is 3.33. The Labute approximate surface area is 359 Å². The van der Waals surface area contributed by atoms with Gasteiger partial charge >= 0.3 is 0 Å². The Balaban J connectivity index is 0.000000211. The first kappa shape index (κ1) is 44.1. The zero-order chi connectivity index (χ0) is 40.4. The summed E-state index contributed by atoms with van der Waals surface area (Å²) in [7, 11) is -3.06. The summed E-state index contributed by atoms with van der Waals surface area (Å²) in [5.41, 5.74) is 0. The van der Waals surface area contributed by atoms with Gasteiger partial charge in [0, 0.05) is 40.2 Å². The van der Waals surface area contributed by atoms with Crippen molar-refractivity contribution < 1.29 is 35.8 Å². The van der Waals surface area contributed by atoms with E-state index in [0.29, 0.717) is 46.6 Å². The van der Waals surface area contributed by atoms with Crippen LogP contribution in [0.4, 0.5) is 0 Å².